The highest BCUT2D eigenvalue weighted by molar-refractivity contribution is 8.22. The molecule has 2 atom stereocenters. The van der Waals surface area contributed by atoms with Gasteiger partial charge in [-0.1, -0.05) is 157 Å². The van der Waals surface area contributed by atoms with Gasteiger partial charge in [0.2, 0.25) is 0 Å². The first-order chi connectivity index (χ1) is 32.3. The number of benzene rings is 5. The van der Waals surface area contributed by atoms with Crippen molar-refractivity contribution in [2.45, 2.75) is 36.6 Å². The summed E-state index contributed by atoms with van der Waals surface area (Å²) < 4.78 is 8.14. The molecule has 4 heterocycles. The maximum absolute atomic E-state index is 14.6. The van der Waals surface area contributed by atoms with Gasteiger partial charge >= 0.3 is 5.97 Å². The minimum Gasteiger partial charge on any atom is -1.00 e. The number of thioether (sulfide) groups is 2. The van der Waals surface area contributed by atoms with E-state index < -0.39 is 41.5 Å². The van der Waals surface area contributed by atoms with Gasteiger partial charge in [-0.2, -0.15) is 0 Å². The molecule has 3 aliphatic rings. The van der Waals surface area contributed by atoms with E-state index in [9.17, 15) is 14.4 Å². The van der Waals surface area contributed by atoms with E-state index in [1.807, 2.05) is 115 Å². The van der Waals surface area contributed by atoms with Gasteiger partial charge in [0.15, 0.2) is 22.6 Å². The monoisotopic (exact) mass is 1060 g/mol. The number of nitrogens with one attached hydrogen (secondary N) is 2. The van der Waals surface area contributed by atoms with Gasteiger partial charge in [-0.25, -0.2) is 9.78 Å². The maximum Gasteiger partial charge on any atom is 0.357 e. The van der Waals surface area contributed by atoms with Gasteiger partial charge in [0.1, 0.15) is 24.4 Å². The summed E-state index contributed by atoms with van der Waals surface area (Å²) in [5.41, 5.74) is 4.19. The number of fused-ring (bicyclic) bond motifs is 1. The number of esters is 1. The molecule has 0 aliphatic carbocycles. The highest BCUT2D eigenvalue weighted by Crippen LogP contribution is 2.46. The molecule has 3 aliphatic heterocycles. The van der Waals surface area contributed by atoms with E-state index in [2.05, 4.69) is 59.2 Å². The molecule has 6 aromatic rings. The summed E-state index contributed by atoms with van der Waals surface area (Å²) in [6.45, 7) is 3.22. The van der Waals surface area contributed by atoms with Crippen LogP contribution in [0.5, 0.6) is 0 Å². The van der Waals surface area contributed by atoms with Gasteiger partial charge < -0.3 is 48.7 Å². The molecule has 5 aromatic carbocycles. The van der Waals surface area contributed by atoms with Crippen molar-refractivity contribution in [3.63, 3.8) is 0 Å². The minimum atomic E-state index is -0.923. The van der Waals surface area contributed by atoms with Crippen LogP contribution in [0.3, 0.4) is 0 Å². The number of oxime groups is 1. The molecule has 0 radical (unpaired) electrons. The van der Waals surface area contributed by atoms with Crippen LogP contribution in [0.25, 0.3) is 0 Å². The average Bonchev–Trinajstić information content (AvgIpc) is 4.03. The second-order valence-electron chi connectivity index (χ2n) is 16.8. The van der Waals surface area contributed by atoms with Crippen molar-refractivity contribution in [1.82, 2.24) is 15.2 Å². The largest absolute Gasteiger partial charge is 1.00 e. The van der Waals surface area contributed by atoms with Crippen molar-refractivity contribution < 1.29 is 52.4 Å². The minimum absolute atomic E-state index is 0. The van der Waals surface area contributed by atoms with Gasteiger partial charge in [0.05, 0.1) is 37.0 Å². The Balaban J connectivity index is 0.00000608. The SMILES string of the molecule is CON=C(C(=O)NC1C(=O)N2C(C(=O)OC(c3ccccc3)c3ccccc3)=C(SCC[N+]3(C)CCCC3)SCC12)c1csc(NC(c2ccccc2)(c2ccccc2)c2ccccc2)n1.[I-]. The van der Waals surface area contributed by atoms with Crippen molar-refractivity contribution in [3.05, 3.63) is 200 Å². The fourth-order valence-electron chi connectivity index (χ4n) is 9.08. The summed E-state index contributed by atoms with van der Waals surface area (Å²) in [5.74, 6) is -0.350. The highest BCUT2D eigenvalue weighted by Gasteiger charge is 2.55. The quantitative estimate of drug-likeness (QED) is 0.0222. The number of hydrogen-bond acceptors (Lipinski definition) is 11. The number of hydrogen-bond donors (Lipinski definition) is 2. The van der Waals surface area contributed by atoms with Crippen LogP contribution >= 0.6 is 34.9 Å². The fourth-order valence-corrected chi connectivity index (χ4v) is 12.6. The van der Waals surface area contributed by atoms with Crippen molar-refractivity contribution in [2.24, 2.45) is 5.16 Å². The molecule has 0 bridgehead atoms. The van der Waals surface area contributed by atoms with E-state index in [-0.39, 0.29) is 41.1 Å². The van der Waals surface area contributed by atoms with E-state index in [1.165, 1.54) is 48.0 Å². The lowest BCUT2D eigenvalue weighted by atomic mass is 9.77. The lowest BCUT2D eigenvalue weighted by Gasteiger charge is -2.50. The summed E-state index contributed by atoms with van der Waals surface area (Å²) in [7, 11) is 3.65. The van der Waals surface area contributed by atoms with Crippen LogP contribution in [0.4, 0.5) is 5.13 Å². The second-order valence-corrected chi connectivity index (χ2v) is 20.0. The van der Waals surface area contributed by atoms with E-state index in [0.717, 1.165) is 61.9 Å². The normalized spacial score (nSPS) is 17.8. The number of thiazole rings is 1. The summed E-state index contributed by atoms with van der Waals surface area (Å²) in [6, 6.07) is 48.3. The van der Waals surface area contributed by atoms with Crippen LogP contribution in [0.2, 0.25) is 0 Å². The number of rotatable bonds is 17. The van der Waals surface area contributed by atoms with Crippen molar-refractivity contribution in [2.75, 3.05) is 50.6 Å². The molecule has 0 spiro atoms. The van der Waals surface area contributed by atoms with Gasteiger partial charge in [-0.05, 0) is 27.8 Å². The molecular formula is C52H51IN6O5S3. The summed E-state index contributed by atoms with van der Waals surface area (Å²) in [5, 5.41) is 13.1. The standard InChI is InChI=1S/C52H50N6O5S3.HI/c1-58(30-18-19-31-58)32-33-64-50-45(49(61)63-46(36-20-8-3-9-21-36)37-22-10-4-11-23-37)57-42(35-65-50)44(48(57)60)54-47(59)43(56-62-2)41-34-66-51(53-41)55-52(38-24-12-5-13-25-38,39-26-14-6-15-27-39)40-28-16-7-17-29-40;/h3-17,20-29,34,42,44,46H,18-19,30-33,35H2,1-2H3,(H-,53,54,55,59);1H. The van der Waals surface area contributed by atoms with E-state index in [4.69, 9.17) is 14.6 Å². The van der Waals surface area contributed by atoms with Gasteiger partial charge in [0.25, 0.3) is 11.8 Å². The summed E-state index contributed by atoms with van der Waals surface area (Å²) in [4.78, 5) is 55.0. The molecule has 67 heavy (non-hydrogen) atoms. The number of ether oxygens (including phenoxy) is 1. The molecule has 2 saturated heterocycles. The first-order valence-electron chi connectivity index (χ1n) is 22.1. The molecule has 15 heteroatoms. The number of likely N-dealkylation sites (tertiary alicyclic amines) is 1. The number of anilines is 1. The topological polar surface area (TPSA) is 122 Å². The Morgan fingerprint density at radius 2 is 1.36 bits per heavy atom. The van der Waals surface area contributed by atoms with Gasteiger partial charge in [-0.3, -0.25) is 14.5 Å². The molecule has 2 N–H and O–H groups in total. The summed E-state index contributed by atoms with van der Waals surface area (Å²) >= 11 is 4.46. The Labute approximate surface area is 421 Å². The lowest BCUT2D eigenvalue weighted by molar-refractivity contribution is -0.895. The lowest BCUT2D eigenvalue weighted by Crippen LogP contribution is -3.00. The average molecular weight is 1060 g/mol. The van der Waals surface area contributed by atoms with Crippen LogP contribution < -0.4 is 34.6 Å². The third-order valence-corrected chi connectivity index (χ3v) is 15.8. The molecular weight excluding hydrogens is 1010 g/mol. The van der Waals surface area contributed by atoms with Crippen LogP contribution in [0.15, 0.2) is 172 Å². The molecule has 9 rings (SSSR count). The molecule has 2 unspecified atom stereocenters. The zero-order chi connectivity index (χ0) is 45.5. The van der Waals surface area contributed by atoms with E-state index >= 15 is 0 Å². The number of carbonyl (C=O) groups excluding carboxylic acids is 3. The van der Waals surface area contributed by atoms with Gasteiger partial charge in [0, 0.05) is 29.7 Å². The summed E-state index contributed by atoms with van der Waals surface area (Å²) in [6.07, 6.45) is 1.72. The fraction of sp³-hybridized carbons (Fsp3) is 0.250. The number of carbonyl (C=O) groups is 3. The van der Waals surface area contributed by atoms with Crippen LogP contribution in [0, 0.1) is 0 Å². The Morgan fingerprint density at radius 3 is 1.88 bits per heavy atom. The predicted molar refractivity (Wildman–Crippen MR) is 264 cm³/mol. The zero-order valence-corrected chi connectivity index (χ0v) is 41.7. The van der Waals surface area contributed by atoms with Crippen molar-refractivity contribution in [3.8, 4) is 0 Å². The highest BCUT2D eigenvalue weighted by atomic mass is 127. The first-order valence-corrected chi connectivity index (χ1v) is 24.9. The number of aromatic nitrogens is 1. The van der Waals surface area contributed by atoms with E-state index in [1.54, 1.807) is 17.1 Å². The third-order valence-electron chi connectivity index (χ3n) is 12.5. The second kappa shape index (κ2) is 21.7. The van der Waals surface area contributed by atoms with E-state index in [0.29, 0.717) is 10.9 Å². The Kier molecular flexibility index (Phi) is 15.5. The zero-order valence-electron chi connectivity index (χ0n) is 37.1. The molecule has 344 valence electrons. The molecule has 11 nitrogen and oxygen atoms in total. The first kappa shape index (κ1) is 48.0. The number of β-lactam (4-membered cyclic amide) rings is 1. The number of amides is 2. The Bertz CT molecular complexity index is 2570. The Morgan fingerprint density at radius 1 is 0.836 bits per heavy atom. The molecule has 1 aromatic heterocycles. The van der Waals surface area contributed by atoms with Crippen molar-refractivity contribution in [1.29, 1.82) is 0 Å². The third kappa shape index (κ3) is 10.2. The van der Waals surface area contributed by atoms with Crippen LogP contribution in [-0.4, -0.2) is 95.2 Å². The van der Waals surface area contributed by atoms with Gasteiger partial charge in [-0.15, -0.1) is 34.9 Å². The Hall–Kier alpha value is -5.46. The number of quaternary nitrogens is 1. The molecule has 2 fully saturated rings. The van der Waals surface area contributed by atoms with Crippen LogP contribution in [0.1, 0.15) is 52.5 Å². The predicted octanol–water partition coefficient (Wildman–Crippen LogP) is 5.82. The molecule has 0 saturated carbocycles. The number of nitrogens with zero attached hydrogens (tertiary/aromatic N) is 4. The molecule has 2 amide bonds. The maximum atomic E-state index is 14.6. The number of halogens is 1. The van der Waals surface area contributed by atoms with Crippen LogP contribution in [-0.2, 0) is 29.5 Å². The van der Waals surface area contributed by atoms with Crippen molar-refractivity contribution >= 4 is 63.5 Å². The smallest absolute Gasteiger partial charge is 0.357 e.